The van der Waals surface area contributed by atoms with Gasteiger partial charge in [0.15, 0.2) is 0 Å². The average Bonchev–Trinajstić information content (AvgIpc) is 2.57. The molecule has 4 nitrogen and oxygen atoms in total. The van der Waals surface area contributed by atoms with Gasteiger partial charge in [-0.25, -0.2) is 0 Å². The Kier molecular flexibility index (Phi) is 7.94. The number of benzene rings is 2. The van der Waals surface area contributed by atoms with Crippen molar-refractivity contribution in [3.05, 3.63) is 60.2 Å². The van der Waals surface area contributed by atoms with Gasteiger partial charge in [-0.1, -0.05) is 43.7 Å². The fraction of sp³-hybridized carbons (Fsp3) is 0.350. The van der Waals surface area contributed by atoms with Crippen LogP contribution in [-0.4, -0.2) is 11.4 Å². The summed E-state index contributed by atoms with van der Waals surface area (Å²) < 4.78 is 0. The van der Waals surface area contributed by atoms with Crippen LogP contribution in [0, 0.1) is 0 Å². The summed E-state index contributed by atoms with van der Waals surface area (Å²) in [4.78, 5) is 12.2. The van der Waals surface area contributed by atoms with Crippen LogP contribution in [0.25, 0.3) is 0 Å². The number of halogens is 1. The number of anilines is 2. The summed E-state index contributed by atoms with van der Waals surface area (Å²) >= 11 is 0. The van der Waals surface area contributed by atoms with Crippen molar-refractivity contribution in [2.45, 2.75) is 45.2 Å². The monoisotopic (exact) mass is 361 g/mol. The fourth-order valence-electron chi connectivity index (χ4n) is 2.63. The number of nitrogens with one attached hydrogen (secondary N) is 2. The molecule has 136 valence electrons. The third-order valence-corrected chi connectivity index (χ3v) is 4.11. The summed E-state index contributed by atoms with van der Waals surface area (Å²) in [5, 5.41) is 6.34. The molecule has 0 aromatic heterocycles. The average molecular weight is 362 g/mol. The van der Waals surface area contributed by atoms with Crippen LogP contribution in [0.1, 0.15) is 45.2 Å². The van der Waals surface area contributed by atoms with E-state index in [4.69, 9.17) is 5.73 Å². The first-order valence-electron chi connectivity index (χ1n) is 8.44. The number of amides is 1. The van der Waals surface area contributed by atoms with Gasteiger partial charge in [-0.05, 0) is 50.1 Å². The van der Waals surface area contributed by atoms with Gasteiger partial charge in [-0.15, -0.1) is 12.4 Å². The Balaban J connectivity index is 0.00000312. The van der Waals surface area contributed by atoms with Crippen molar-refractivity contribution < 1.29 is 4.79 Å². The predicted molar refractivity (Wildman–Crippen MR) is 108 cm³/mol. The summed E-state index contributed by atoms with van der Waals surface area (Å²) in [5.74, 6) is -0.150. The molecular weight excluding hydrogens is 334 g/mol. The predicted octanol–water partition coefficient (Wildman–Crippen LogP) is 4.74. The molecule has 0 saturated carbocycles. The largest absolute Gasteiger partial charge is 0.379 e. The summed E-state index contributed by atoms with van der Waals surface area (Å²) in [6.07, 6.45) is 1.54. The van der Waals surface area contributed by atoms with Gasteiger partial charge in [0.2, 0.25) is 5.91 Å². The zero-order valence-electron chi connectivity index (χ0n) is 15.1. The molecule has 0 saturated heterocycles. The zero-order valence-corrected chi connectivity index (χ0v) is 15.9. The Morgan fingerprint density at radius 3 is 2.20 bits per heavy atom. The quantitative estimate of drug-likeness (QED) is 0.667. The molecule has 0 radical (unpaired) electrons. The molecule has 0 fully saturated rings. The molecule has 2 aromatic carbocycles. The summed E-state index contributed by atoms with van der Waals surface area (Å²) in [6, 6.07) is 18.2. The number of carbonyl (C=O) groups excluding carboxylic acids is 1. The van der Waals surface area contributed by atoms with E-state index in [1.165, 1.54) is 5.56 Å². The van der Waals surface area contributed by atoms with Gasteiger partial charge < -0.3 is 16.4 Å². The van der Waals surface area contributed by atoms with E-state index in [1.807, 2.05) is 49.4 Å². The molecule has 2 rings (SSSR count). The number of hydrogen-bond donors (Lipinski definition) is 3. The first-order chi connectivity index (χ1) is 11.4. The minimum atomic E-state index is -0.840. The maximum absolute atomic E-state index is 12.2. The van der Waals surface area contributed by atoms with Gasteiger partial charge in [0, 0.05) is 17.4 Å². The molecule has 0 spiro atoms. The van der Waals surface area contributed by atoms with Gasteiger partial charge in [0.25, 0.3) is 0 Å². The molecule has 5 heteroatoms. The van der Waals surface area contributed by atoms with Gasteiger partial charge in [0.1, 0.15) is 0 Å². The SMILES string of the molecule is CCCC(C)(N)C(=O)Nc1ccc(NC(C)c2ccccc2)cc1.Cl. The van der Waals surface area contributed by atoms with E-state index in [0.717, 1.165) is 17.8 Å². The molecule has 1 amide bonds. The third-order valence-electron chi connectivity index (χ3n) is 4.11. The van der Waals surface area contributed by atoms with Gasteiger partial charge in [0.05, 0.1) is 5.54 Å². The Morgan fingerprint density at radius 2 is 1.64 bits per heavy atom. The lowest BCUT2D eigenvalue weighted by atomic mass is 9.96. The van der Waals surface area contributed by atoms with Crippen LogP contribution in [0.5, 0.6) is 0 Å². The van der Waals surface area contributed by atoms with E-state index < -0.39 is 5.54 Å². The highest BCUT2D eigenvalue weighted by atomic mass is 35.5. The summed E-state index contributed by atoms with van der Waals surface area (Å²) in [6.45, 7) is 5.91. The fourth-order valence-corrected chi connectivity index (χ4v) is 2.63. The van der Waals surface area contributed by atoms with E-state index >= 15 is 0 Å². The minimum absolute atomic E-state index is 0. The highest BCUT2D eigenvalue weighted by Gasteiger charge is 2.27. The smallest absolute Gasteiger partial charge is 0.244 e. The second kappa shape index (κ2) is 9.44. The van der Waals surface area contributed by atoms with E-state index in [2.05, 4.69) is 29.7 Å². The molecule has 2 atom stereocenters. The third kappa shape index (κ3) is 6.07. The standard InChI is InChI=1S/C20H27N3O.ClH/c1-4-14-20(3,21)19(24)23-18-12-10-17(11-13-18)22-15(2)16-8-6-5-7-9-16;/h5-13,15,22H,4,14,21H2,1-3H3,(H,23,24);1H. The maximum Gasteiger partial charge on any atom is 0.244 e. The number of rotatable bonds is 7. The second-order valence-corrected chi connectivity index (χ2v) is 6.48. The van der Waals surface area contributed by atoms with Gasteiger partial charge in [-0.2, -0.15) is 0 Å². The first kappa shape index (κ1) is 21.0. The van der Waals surface area contributed by atoms with E-state index in [0.29, 0.717) is 6.42 Å². The van der Waals surface area contributed by atoms with E-state index in [9.17, 15) is 4.79 Å². The Morgan fingerprint density at radius 1 is 1.08 bits per heavy atom. The van der Waals surface area contributed by atoms with Crippen molar-refractivity contribution in [2.24, 2.45) is 5.73 Å². The topological polar surface area (TPSA) is 67.2 Å². The highest BCUT2D eigenvalue weighted by molar-refractivity contribution is 5.97. The Labute approximate surface area is 156 Å². The van der Waals surface area contributed by atoms with Crippen molar-refractivity contribution in [1.29, 1.82) is 0 Å². The lowest BCUT2D eigenvalue weighted by Gasteiger charge is -2.23. The molecule has 0 aliphatic rings. The van der Waals surface area contributed by atoms with E-state index in [1.54, 1.807) is 6.92 Å². The van der Waals surface area contributed by atoms with E-state index in [-0.39, 0.29) is 24.4 Å². The molecule has 25 heavy (non-hydrogen) atoms. The lowest BCUT2D eigenvalue weighted by molar-refractivity contribution is -0.120. The minimum Gasteiger partial charge on any atom is -0.379 e. The molecular formula is C20H28ClN3O. The number of carbonyl (C=O) groups is 1. The molecule has 2 aromatic rings. The molecule has 0 aliphatic carbocycles. The molecule has 0 aliphatic heterocycles. The second-order valence-electron chi connectivity index (χ2n) is 6.48. The Bertz CT molecular complexity index is 656. The lowest BCUT2D eigenvalue weighted by Crippen LogP contribution is -2.48. The number of hydrogen-bond acceptors (Lipinski definition) is 3. The summed E-state index contributed by atoms with van der Waals surface area (Å²) in [5.41, 5.74) is 8.21. The van der Waals surface area contributed by atoms with Crippen LogP contribution in [0.15, 0.2) is 54.6 Å². The molecule has 0 heterocycles. The van der Waals surface area contributed by atoms with Crippen molar-refractivity contribution in [2.75, 3.05) is 10.6 Å². The first-order valence-corrected chi connectivity index (χ1v) is 8.44. The summed E-state index contributed by atoms with van der Waals surface area (Å²) in [7, 11) is 0. The van der Waals surface area contributed by atoms with Crippen LogP contribution >= 0.6 is 12.4 Å². The van der Waals surface area contributed by atoms with Crippen LogP contribution < -0.4 is 16.4 Å². The van der Waals surface area contributed by atoms with Crippen LogP contribution in [0.4, 0.5) is 11.4 Å². The highest BCUT2D eigenvalue weighted by Crippen LogP contribution is 2.21. The maximum atomic E-state index is 12.2. The molecule has 2 unspecified atom stereocenters. The van der Waals surface area contributed by atoms with Crippen molar-refractivity contribution in [3.63, 3.8) is 0 Å². The van der Waals surface area contributed by atoms with Crippen molar-refractivity contribution in [3.8, 4) is 0 Å². The van der Waals surface area contributed by atoms with Gasteiger partial charge in [-0.3, -0.25) is 4.79 Å². The number of nitrogens with two attached hydrogens (primary N) is 1. The molecule has 0 bridgehead atoms. The normalized spacial score (nSPS) is 13.9. The van der Waals surface area contributed by atoms with Gasteiger partial charge >= 0.3 is 0 Å². The van der Waals surface area contributed by atoms with Crippen molar-refractivity contribution >= 4 is 29.7 Å². The van der Waals surface area contributed by atoms with Crippen molar-refractivity contribution in [1.82, 2.24) is 0 Å². The Hall–Kier alpha value is -2.04. The van der Waals surface area contributed by atoms with Crippen LogP contribution in [0.2, 0.25) is 0 Å². The zero-order chi connectivity index (χ0) is 17.6. The molecule has 4 N–H and O–H groups in total. The van der Waals surface area contributed by atoms with Crippen LogP contribution in [-0.2, 0) is 4.79 Å². The van der Waals surface area contributed by atoms with Crippen LogP contribution in [0.3, 0.4) is 0 Å².